The summed E-state index contributed by atoms with van der Waals surface area (Å²) in [5, 5.41) is 3.32. The molecule has 1 N–H and O–H groups in total. The third-order valence-electron chi connectivity index (χ3n) is 6.65. The molecular weight excluding hydrogens is 550 g/mol. The van der Waals surface area contributed by atoms with Crippen molar-refractivity contribution in [1.29, 1.82) is 0 Å². The molecule has 0 saturated carbocycles. The summed E-state index contributed by atoms with van der Waals surface area (Å²) in [6.45, 7) is 6.92. The molecule has 0 aliphatic heterocycles. The van der Waals surface area contributed by atoms with E-state index in [0.29, 0.717) is 16.5 Å². The summed E-state index contributed by atoms with van der Waals surface area (Å²) in [6, 6.07) is 18.9. The maximum Gasteiger partial charge on any atom is 0.264 e. The van der Waals surface area contributed by atoms with Gasteiger partial charge in [-0.3, -0.25) is 13.9 Å². The molecule has 40 heavy (non-hydrogen) atoms. The Morgan fingerprint density at radius 2 is 1.65 bits per heavy atom. The topological polar surface area (TPSA) is 96.0 Å². The number of nitrogens with zero attached hydrogens (tertiary/aromatic N) is 2. The summed E-state index contributed by atoms with van der Waals surface area (Å²) in [6.07, 6.45) is 0.728. The summed E-state index contributed by atoms with van der Waals surface area (Å²) in [7, 11) is -2.59. The molecule has 3 rings (SSSR count). The smallest absolute Gasteiger partial charge is 0.264 e. The number of halogens is 1. The highest BCUT2D eigenvalue weighted by molar-refractivity contribution is 7.92. The van der Waals surface area contributed by atoms with Gasteiger partial charge in [0.25, 0.3) is 10.0 Å². The van der Waals surface area contributed by atoms with Crippen molar-refractivity contribution in [3.63, 3.8) is 0 Å². The van der Waals surface area contributed by atoms with E-state index < -0.39 is 28.5 Å². The van der Waals surface area contributed by atoms with Gasteiger partial charge >= 0.3 is 0 Å². The highest BCUT2D eigenvalue weighted by atomic mass is 35.5. The minimum absolute atomic E-state index is 0.00419. The van der Waals surface area contributed by atoms with Crippen LogP contribution < -0.4 is 14.4 Å². The number of aryl methyl sites for hydroxylation is 1. The Morgan fingerprint density at radius 3 is 2.23 bits per heavy atom. The fourth-order valence-electron chi connectivity index (χ4n) is 4.02. The third kappa shape index (κ3) is 7.76. The van der Waals surface area contributed by atoms with Crippen LogP contribution in [0.1, 0.15) is 38.3 Å². The van der Waals surface area contributed by atoms with Gasteiger partial charge in [0, 0.05) is 17.6 Å². The molecule has 0 heterocycles. The molecule has 0 bridgehead atoms. The molecule has 0 spiro atoms. The first-order valence-corrected chi connectivity index (χ1v) is 14.9. The van der Waals surface area contributed by atoms with E-state index in [1.165, 1.54) is 29.2 Å². The van der Waals surface area contributed by atoms with Crippen molar-refractivity contribution in [2.75, 3.05) is 18.0 Å². The van der Waals surface area contributed by atoms with Gasteiger partial charge in [0.1, 0.15) is 18.3 Å². The van der Waals surface area contributed by atoms with Crippen LogP contribution in [0.5, 0.6) is 5.75 Å². The van der Waals surface area contributed by atoms with Crippen LogP contribution in [0.3, 0.4) is 0 Å². The lowest BCUT2D eigenvalue weighted by Crippen LogP contribution is -2.52. The molecule has 2 atom stereocenters. The molecule has 0 aliphatic rings. The van der Waals surface area contributed by atoms with Gasteiger partial charge in [-0.2, -0.15) is 0 Å². The second-order valence-electron chi connectivity index (χ2n) is 9.67. The molecule has 3 aromatic carbocycles. The van der Waals surface area contributed by atoms with Gasteiger partial charge in [0.05, 0.1) is 17.7 Å². The van der Waals surface area contributed by atoms with Crippen molar-refractivity contribution in [3.05, 3.63) is 88.9 Å². The Bertz CT molecular complexity index is 1410. The highest BCUT2D eigenvalue weighted by Gasteiger charge is 2.32. The largest absolute Gasteiger partial charge is 0.497 e. The fraction of sp³-hybridized carbons (Fsp3) is 0.333. The van der Waals surface area contributed by atoms with E-state index in [9.17, 15) is 18.0 Å². The number of nitrogens with one attached hydrogen (secondary N) is 1. The zero-order chi connectivity index (χ0) is 29.4. The van der Waals surface area contributed by atoms with E-state index in [1.54, 1.807) is 56.5 Å². The van der Waals surface area contributed by atoms with Crippen LogP contribution in [0.4, 0.5) is 5.69 Å². The number of hydrogen-bond acceptors (Lipinski definition) is 5. The maximum absolute atomic E-state index is 14.0. The highest BCUT2D eigenvalue weighted by Crippen LogP contribution is 2.26. The predicted molar refractivity (Wildman–Crippen MR) is 158 cm³/mol. The maximum atomic E-state index is 14.0. The lowest BCUT2D eigenvalue weighted by atomic mass is 10.1. The van der Waals surface area contributed by atoms with Crippen molar-refractivity contribution in [1.82, 2.24) is 10.2 Å². The molecule has 10 heteroatoms. The van der Waals surface area contributed by atoms with Gasteiger partial charge in [0.2, 0.25) is 11.8 Å². The number of carbonyl (C=O) groups is 2. The number of amides is 2. The molecule has 214 valence electrons. The molecule has 2 amide bonds. The van der Waals surface area contributed by atoms with Gasteiger partial charge in [-0.1, -0.05) is 42.8 Å². The molecule has 0 radical (unpaired) electrons. The number of benzene rings is 3. The van der Waals surface area contributed by atoms with Crippen molar-refractivity contribution in [3.8, 4) is 5.75 Å². The molecule has 3 aromatic rings. The number of carbonyl (C=O) groups excluding carboxylic acids is 2. The lowest BCUT2D eigenvalue weighted by Gasteiger charge is -2.32. The van der Waals surface area contributed by atoms with E-state index in [4.69, 9.17) is 16.3 Å². The standard InChI is InChI=1S/C30H36ClN3O5S/c1-6-22(3)32-30(36)23(4)33(19-24-10-14-27(39-5)15-11-24)29(35)20-34(26-9-7-8-21(2)18-26)40(37,38)28-16-12-25(31)13-17-28/h7-18,22-23H,6,19-20H2,1-5H3,(H,32,36). The van der Waals surface area contributed by atoms with Crippen LogP contribution in [-0.2, 0) is 26.2 Å². The zero-order valence-corrected chi connectivity index (χ0v) is 25.0. The second kappa shape index (κ2) is 13.7. The molecule has 0 aromatic heterocycles. The van der Waals surface area contributed by atoms with E-state index >= 15 is 0 Å². The monoisotopic (exact) mass is 585 g/mol. The van der Waals surface area contributed by atoms with Gasteiger partial charge in [0.15, 0.2) is 0 Å². The van der Waals surface area contributed by atoms with Crippen molar-refractivity contribution < 1.29 is 22.7 Å². The van der Waals surface area contributed by atoms with Crippen molar-refractivity contribution >= 4 is 39.1 Å². The Kier molecular flexibility index (Phi) is 10.6. The fourth-order valence-corrected chi connectivity index (χ4v) is 5.55. The molecule has 0 fully saturated rings. The van der Waals surface area contributed by atoms with Crippen molar-refractivity contribution in [2.24, 2.45) is 0 Å². The minimum atomic E-state index is -4.16. The number of methoxy groups -OCH3 is 1. The van der Waals surface area contributed by atoms with E-state index in [0.717, 1.165) is 21.9 Å². The molecule has 8 nitrogen and oxygen atoms in total. The van der Waals surface area contributed by atoms with E-state index in [1.807, 2.05) is 26.8 Å². The first-order chi connectivity index (χ1) is 19.0. The van der Waals surface area contributed by atoms with E-state index in [2.05, 4.69) is 5.32 Å². The second-order valence-corrected chi connectivity index (χ2v) is 12.0. The first-order valence-electron chi connectivity index (χ1n) is 13.0. The van der Waals surface area contributed by atoms with E-state index in [-0.39, 0.29) is 23.4 Å². The number of ether oxygens (including phenoxy) is 1. The first kappa shape index (κ1) is 31.0. The summed E-state index contributed by atoms with van der Waals surface area (Å²) in [4.78, 5) is 28.5. The number of hydrogen-bond donors (Lipinski definition) is 1. The van der Waals surface area contributed by atoms with Crippen LogP contribution in [-0.4, -0.2) is 50.9 Å². The Morgan fingerprint density at radius 1 is 1.00 bits per heavy atom. The summed E-state index contributed by atoms with van der Waals surface area (Å²) in [5.74, 6) is -0.190. The van der Waals surface area contributed by atoms with Gasteiger partial charge in [-0.25, -0.2) is 8.42 Å². The number of anilines is 1. The lowest BCUT2D eigenvalue weighted by molar-refractivity contribution is -0.139. The molecule has 0 saturated heterocycles. The van der Waals surface area contributed by atoms with Crippen LogP contribution in [0.2, 0.25) is 5.02 Å². The van der Waals surface area contributed by atoms with Crippen LogP contribution in [0.15, 0.2) is 77.7 Å². The third-order valence-corrected chi connectivity index (χ3v) is 8.69. The quantitative estimate of drug-likeness (QED) is 0.316. The van der Waals surface area contributed by atoms with Crippen LogP contribution in [0, 0.1) is 6.92 Å². The minimum Gasteiger partial charge on any atom is -0.497 e. The van der Waals surface area contributed by atoms with Gasteiger partial charge < -0.3 is 15.0 Å². The number of rotatable bonds is 12. The van der Waals surface area contributed by atoms with Crippen LogP contribution in [0.25, 0.3) is 0 Å². The van der Waals surface area contributed by atoms with Gasteiger partial charge in [-0.05, 0) is 86.8 Å². The normalized spacial score (nSPS) is 12.8. The molecule has 0 aliphatic carbocycles. The summed E-state index contributed by atoms with van der Waals surface area (Å²) in [5.41, 5.74) is 1.93. The Labute approximate surface area is 241 Å². The Hall–Kier alpha value is -3.56. The van der Waals surface area contributed by atoms with Gasteiger partial charge in [-0.15, -0.1) is 0 Å². The average Bonchev–Trinajstić information content (AvgIpc) is 2.94. The molecular formula is C30H36ClN3O5S. The Balaban J connectivity index is 2.02. The number of sulfonamides is 1. The molecule has 2 unspecified atom stereocenters. The SMILES string of the molecule is CCC(C)NC(=O)C(C)N(Cc1ccc(OC)cc1)C(=O)CN(c1cccc(C)c1)S(=O)(=O)c1ccc(Cl)cc1. The van der Waals surface area contributed by atoms with Crippen molar-refractivity contribution in [2.45, 2.75) is 57.6 Å². The average molecular weight is 586 g/mol. The predicted octanol–water partition coefficient (Wildman–Crippen LogP) is 5.18. The summed E-state index contributed by atoms with van der Waals surface area (Å²) < 4.78 is 34.0. The van der Waals surface area contributed by atoms with Crippen LogP contribution >= 0.6 is 11.6 Å². The summed E-state index contributed by atoms with van der Waals surface area (Å²) >= 11 is 6.00. The zero-order valence-electron chi connectivity index (χ0n) is 23.4.